The molecule has 1 fully saturated rings. The number of hydrogen-bond acceptors (Lipinski definition) is 4. The van der Waals surface area contributed by atoms with Crippen molar-refractivity contribution in [2.24, 2.45) is 0 Å². The van der Waals surface area contributed by atoms with Gasteiger partial charge in [0, 0.05) is 11.6 Å². The van der Waals surface area contributed by atoms with Crippen LogP contribution in [0, 0.1) is 25.2 Å². The van der Waals surface area contributed by atoms with Gasteiger partial charge in [0.15, 0.2) is 5.75 Å². The van der Waals surface area contributed by atoms with E-state index in [4.69, 9.17) is 21.6 Å². The maximum absolute atomic E-state index is 12.1. The summed E-state index contributed by atoms with van der Waals surface area (Å²) in [6.07, 6.45) is 2.11. The Bertz CT molecular complexity index is 1120. The first-order valence-corrected chi connectivity index (χ1v) is 9.69. The summed E-state index contributed by atoms with van der Waals surface area (Å²) in [4.78, 5) is 12.1. The van der Waals surface area contributed by atoms with Crippen LogP contribution in [0.1, 0.15) is 40.2 Å². The van der Waals surface area contributed by atoms with E-state index in [0.29, 0.717) is 33.7 Å². The van der Waals surface area contributed by atoms with Crippen LogP contribution in [-0.4, -0.2) is 21.7 Å². The second-order valence-electron chi connectivity index (χ2n) is 7.06. The van der Waals surface area contributed by atoms with E-state index in [2.05, 4.69) is 10.4 Å². The molecule has 0 radical (unpaired) electrons. The van der Waals surface area contributed by atoms with E-state index in [-0.39, 0.29) is 5.91 Å². The molecule has 1 heterocycles. The number of amides is 1. The summed E-state index contributed by atoms with van der Waals surface area (Å²) in [7, 11) is 0. The molecule has 3 aromatic rings. The molecule has 2 aromatic carbocycles. The average molecular weight is 407 g/mol. The highest BCUT2D eigenvalue weighted by atomic mass is 35.5. The van der Waals surface area contributed by atoms with Crippen LogP contribution >= 0.6 is 11.6 Å². The number of carbonyl (C=O) groups is 1. The summed E-state index contributed by atoms with van der Waals surface area (Å²) < 4.78 is 7.78. The topological polar surface area (TPSA) is 79.9 Å². The summed E-state index contributed by atoms with van der Waals surface area (Å²) in [6, 6.07) is 14.6. The summed E-state index contributed by atoms with van der Waals surface area (Å²) >= 11 is 6.16. The number of aryl methyl sites for hydroxylation is 1. The number of ether oxygens (including phenoxy) is 1. The summed E-state index contributed by atoms with van der Waals surface area (Å²) in [5, 5.41) is 16.9. The highest BCUT2D eigenvalue weighted by Crippen LogP contribution is 2.31. The molecule has 7 heteroatoms. The van der Waals surface area contributed by atoms with Gasteiger partial charge in [-0.05, 0) is 69.2 Å². The summed E-state index contributed by atoms with van der Waals surface area (Å²) in [5.41, 5.74) is 3.30. The van der Waals surface area contributed by atoms with Gasteiger partial charge in [0.25, 0.3) is 5.91 Å². The SMILES string of the molecule is Cc1nn(-c2ccc(C#N)c(Cl)c2)c(C)c1Oc1ccc(C(=O)NC2CC2)cc1. The van der Waals surface area contributed by atoms with Gasteiger partial charge in [-0.2, -0.15) is 10.4 Å². The highest BCUT2D eigenvalue weighted by Gasteiger charge is 2.23. The van der Waals surface area contributed by atoms with E-state index in [1.54, 1.807) is 47.1 Å². The average Bonchev–Trinajstić information content (AvgIpc) is 3.49. The molecule has 1 aliphatic carbocycles. The van der Waals surface area contributed by atoms with Crippen LogP contribution in [0.3, 0.4) is 0 Å². The molecule has 1 N–H and O–H groups in total. The molecule has 1 amide bonds. The zero-order valence-corrected chi connectivity index (χ0v) is 16.8. The molecule has 1 aliphatic rings. The maximum Gasteiger partial charge on any atom is 0.251 e. The van der Waals surface area contributed by atoms with Crippen molar-refractivity contribution in [3.8, 4) is 23.3 Å². The number of halogens is 1. The van der Waals surface area contributed by atoms with E-state index in [1.165, 1.54) is 0 Å². The van der Waals surface area contributed by atoms with Crippen molar-refractivity contribution in [3.05, 3.63) is 70.0 Å². The molecule has 1 saturated carbocycles. The second kappa shape index (κ2) is 7.61. The lowest BCUT2D eigenvalue weighted by atomic mass is 10.2. The summed E-state index contributed by atoms with van der Waals surface area (Å²) in [5.74, 6) is 1.20. The molecule has 0 aliphatic heterocycles. The fourth-order valence-corrected chi connectivity index (χ4v) is 3.26. The van der Waals surface area contributed by atoms with E-state index >= 15 is 0 Å². The predicted molar refractivity (Wildman–Crippen MR) is 110 cm³/mol. The lowest BCUT2D eigenvalue weighted by molar-refractivity contribution is 0.0951. The smallest absolute Gasteiger partial charge is 0.251 e. The van der Waals surface area contributed by atoms with Crippen molar-refractivity contribution in [2.45, 2.75) is 32.7 Å². The van der Waals surface area contributed by atoms with Gasteiger partial charge in [-0.15, -0.1) is 0 Å². The lowest BCUT2D eigenvalue weighted by Crippen LogP contribution is -2.25. The monoisotopic (exact) mass is 406 g/mol. The maximum atomic E-state index is 12.1. The Balaban J connectivity index is 1.56. The molecule has 0 atom stereocenters. The number of nitrogens with zero attached hydrogens (tertiary/aromatic N) is 3. The first-order chi connectivity index (χ1) is 14.0. The van der Waals surface area contributed by atoms with Gasteiger partial charge in [0.1, 0.15) is 17.5 Å². The van der Waals surface area contributed by atoms with Gasteiger partial charge in [-0.25, -0.2) is 4.68 Å². The number of carbonyl (C=O) groups excluding carboxylic acids is 1. The standard InChI is InChI=1S/C22H19ClN4O2/c1-13-21(14(2)27(26-13)18-8-3-16(12-24)20(23)11-18)29-19-9-4-15(5-10-19)22(28)25-17-6-7-17/h3-5,8-11,17H,6-7H2,1-2H3,(H,25,28). The fraction of sp³-hybridized carbons (Fsp3) is 0.227. The van der Waals surface area contributed by atoms with Gasteiger partial charge >= 0.3 is 0 Å². The van der Waals surface area contributed by atoms with Crippen LogP contribution in [-0.2, 0) is 0 Å². The van der Waals surface area contributed by atoms with Gasteiger partial charge < -0.3 is 10.1 Å². The van der Waals surface area contributed by atoms with Gasteiger partial charge in [0.2, 0.25) is 0 Å². The molecular formula is C22H19ClN4O2. The largest absolute Gasteiger partial charge is 0.453 e. The molecule has 29 heavy (non-hydrogen) atoms. The second-order valence-corrected chi connectivity index (χ2v) is 7.47. The zero-order valence-electron chi connectivity index (χ0n) is 16.1. The molecule has 0 saturated heterocycles. The molecule has 0 spiro atoms. The van der Waals surface area contributed by atoms with Crippen LogP contribution in [0.2, 0.25) is 5.02 Å². The minimum absolute atomic E-state index is 0.0584. The Kier molecular flexibility index (Phi) is 4.99. The quantitative estimate of drug-likeness (QED) is 0.666. The molecule has 6 nitrogen and oxygen atoms in total. The Morgan fingerprint density at radius 3 is 2.59 bits per heavy atom. The molecule has 0 unspecified atom stereocenters. The first kappa shape index (κ1) is 19.0. The van der Waals surface area contributed by atoms with E-state index < -0.39 is 0 Å². The molecule has 1 aromatic heterocycles. The Hall–Kier alpha value is -3.30. The zero-order chi connectivity index (χ0) is 20.5. The number of benzene rings is 2. The van der Waals surface area contributed by atoms with Crippen molar-refractivity contribution in [1.82, 2.24) is 15.1 Å². The summed E-state index contributed by atoms with van der Waals surface area (Å²) in [6.45, 7) is 3.76. The van der Waals surface area contributed by atoms with Crippen LogP contribution in [0.25, 0.3) is 5.69 Å². The van der Waals surface area contributed by atoms with Crippen LogP contribution in [0.5, 0.6) is 11.5 Å². The molecule has 0 bridgehead atoms. The lowest BCUT2D eigenvalue weighted by Gasteiger charge is -2.09. The van der Waals surface area contributed by atoms with Crippen molar-refractivity contribution >= 4 is 17.5 Å². The minimum atomic E-state index is -0.0584. The van der Waals surface area contributed by atoms with Crippen molar-refractivity contribution in [3.63, 3.8) is 0 Å². The third-order valence-corrected chi connectivity index (χ3v) is 5.10. The molecular weight excluding hydrogens is 388 g/mol. The van der Waals surface area contributed by atoms with Gasteiger partial charge in [-0.1, -0.05) is 11.6 Å². The Morgan fingerprint density at radius 2 is 1.97 bits per heavy atom. The Labute approximate surface area is 173 Å². The Morgan fingerprint density at radius 1 is 1.24 bits per heavy atom. The number of rotatable bonds is 5. The number of aromatic nitrogens is 2. The molecule has 4 rings (SSSR count). The molecule has 146 valence electrons. The third kappa shape index (κ3) is 3.96. The van der Waals surface area contributed by atoms with Crippen molar-refractivity contribution in [1.29, 1.82) is 5.26 Å². The fourth-order valence-electron chi connectivity index (χ4n) is 3.04. The normalized spacial score (nSPS) is 13.0. The highest BCUT2D eigenvalue weighted by molar-refractivity contribution is 6.31. The van der Waals surface area contributed by atoms with E-state index in [0.717, 1.165) is 29.9 Å². The van der Waals surface area contributed by atoms with Crippen LogP contribution < -0.4 is 10.1 Å². The van der Waals surface area contributed by atoms with E-state index in [1.807, 2.05) is 19.9 Å². The van der Waals surface area contributed by atoms with Crippen molar-refractivity contribution in [2.75, 3.05) is 0 Å². The van der Waals surface area contributed by atoms with Gasteiger partial charge in [0.05, 0.1) is 22.0 Å². The van der Waals surface area contributed by atoms with Crippen LogP contribution in [0.15, 0.2) is 42.5 Å². The minimum Gasteiger partial charge on any atom is -0.453 e. The third-order valence-electron chi connectivity index (χ3n) is 4.79. The number of nitriles is 1. The van der Waals surface area contributed by atoms with E-state index in [9.17, 15) is 4.79 Å². The van der Waals surface area contributed by atoms with Crippen molar-refractivity contribution < 1.29 is 9.53 Å². The predicted octanol–water partition coefficient (Wildman–Crippen LogP) is 4.70. The first-order valence-electron chi connectivity index (χ1n) is 9.31. The number of hydrogen-bond donors (Lipinski definition) is 1. The van der Waals surface area contributed by atoms with Crippen LogP contribution in [0.4, 0.5) is 0 Å². The van der Waals surface area contributed by atoms with Gasteiger partial charge in [-0.3, -0.25) is 4.79 Å². The number of nitrogens with one attached hydrogen (secondary N) is 1.